The van der Waals surface area contributed by atoms with Gasteiger partial charge in [-0.3, -0.25) is 0 Å². The third kappa shape index (κ3) is 2.73. The molecular weight excluding hydrogens is 242 g/mol. The van der Waals surface area contributed by atoms with E-state index < -0.39 is 0 Å². The molecule has 2 rings (SSSR count). The maximum absolute atomic E-state index is 11.8. The molecule has 0 spiro atoms. The lowest BCUT2D eigenvalue weighted by Gasteiger charge is -2.36. The molecule has 1 aliphatic heterocycles. The Morgan fingerprint density at radius 3 is 2.95 bits per heavy atom. The van der Waals surface area contributed by atoms with Gasteiger partial charge < -0.3 is 14.7 Å². The number of hydrogen-bond acceptors (Lipinski definition) is 3. The summed E-state index contributed by atoms with van der Waals surface area (Å²) < 4.78 is 4.87. The zero-order valence-corrected chi connectivity index (χ0v) is 11.6. The van der Waals surface area contributed by atoms with Crippen LogP contribution in [0.5, 0.6) is 0 Å². The molecule has 1 amide bonds. The van der Waals surface area contributed by atoms with Gasteiger partial charge in [-0.05, 0) is 29.5 Å². The van der Waals surface area contributed by atoms with Gasteiger partial charge in [0, 0.05) is 6.54 Å². The highest BCUT2D eigenvalue weighted by Crippen LogP contribution is 2.34. The zero-order valence-electron chi connectivity index (χ0n) is 11.6. The molecule has 4 nitrogen and oxygen atoms in total. The number of amides is 1. The molecule has 0 fully saturated rings. The molecule has 1 N–H and O–H groups in total. The number of methoxy groups -OCH3 is 1. The van der Waals surface area contributed by atoms with Gasteiger partial charge >= 0.3 is 6.09 Å². The van der Waals surface area contributed by atoms with Gasteiger partial charge in [-0.2, -0.15) is 0 Å². The second-order valence-electron chi connectivity index (χ2n) is 4.91. The average Bonchev–Trinajstić information content (AvgIpc) is 2.46. The molecule has 0 aromatic heterocycles. The van der Waals surface area contributed by atoms with Gasteiger partial charge in [0.2, 0.25) is 0 Å². The van der Waals surface area contributed by atoms with Crippen LogP contribution in [0, 0.1) is 0 Å². The van der Waals surface area contributed by atoms with Crippen LogP contribution in [0.3, 0.4) is 0 Å². The Hall–Kier alpha value is -1.55. The van der Waals surface area contributed by atoms with E-state index >= 15 is 0 Å². The Bertz CT molecular complexity index is 459. The number of nitrogens with zero attached hydrogens (tertiary/aromatic N) is 1. The van der Waals surface area contributed by atoms with E-state index in [9.17, 15) is 9.90 Å². The number of benzene rings is 1. The fourth-order valence-electron chi connectivity index (χ4n) is 2.78. The van der Waals surface area contributed by atoms with E-state index in [0.29, 0.717) is 6.54 Å². The van der Waals surface area contributed by atoms with Crippen LogP contribution in [-0.2, 0) is 17.8 Å². The van der Waals surface area contributed by atoms with Crippen LogP contribution < -0.4 is 0 Å². The van der Waals surface area contributed by atoms with Crippen LogP contribution >= 0.6 is 0 Å². The Morgan fingerprint density at radius 1 is 1.53 bits per heavy atom. The predicted molar refractivity (Wildman–Crippen MR) is 72.8 cm³/mol. The van der Waals surface area contributed by atoms with E-state index in [1.807, 2.05) is 23.1 Å². The van der Waals surface area contributed by atoms with E-state index in [0.717, 1.165) is 24.8 Å². The highest BCUT2D eigenvalue weighted by Gasteiger charge is 2.30. The van der Waals surface area contributed by atoms with Gasteiger partial charge in [-0.1, -0.05) is 31.5 Å². The molecule has 0 saturated heterocycles. The normalized spacial score (nSPS) is 18.1. The minimum absolute atomic E-state index is 0.0619. The largest absolute Gasteiger partial charge is 0.453 e. The Labute approximate surface area is 114 Å². The van der Waals surface area contributed by atoms with Crippen molar-refractivity contribution in [3.05, 3.63) is 34.9 Å². The Balaban J connectivity index is 2.34. The number of carbonyl (C=O) groups excluding carboxylic acids is 1. The molecular formula is C15H21NO3. The molecule has 0 radical (unpaired) electrons. The third-order valence-corrected chi connectivity index (χ3v) is 3.72. The average molecular weight is 263 g/mol. The van der Waals surface area contributed by atoms with Gasteiger partial charge in [0.25, 0.3) is 0 Å². The lowest BCUT2D eigenvalue weighted by molar-refractivity contribution is 0.0980. The molecule has 1 atom stereocenters. The zero-order chi connectivity index (χ0) is 13.8. The van der Waals surface area contributed by atoms with Crippen molar-refractivity contribution in [2.24, 2.45) is 0 Å². The number of hydrogen-bond donors (Lipinski definition) is 1. The number of aliphatic hydroxyl groups excluding tert-OH is 1. The van der Waals surface area contributed by atoms with Gasteiger partial charge in [-0.25, -0.2) is 4.79 Å². The fraction of sp³-hybridized carbons (Fsp3) is 0.533. The predicted octanol–water partition coefficient (Wildman–Crippen LogP) is 2.64. The van der Waals surface area contributed by atoms with Crippen LogP contribution in [-0.4, -0.2) is 29.8 Å². The summed E-state index contributed by atoms with van der Waals surface area (Å²) in [5, 5.41) is 9.20. The quantitative estimate of drug-likeness (QED) is 0.912. The van der Waals surface area contributed by atoms with Crippen molar-refractivity contribution in [2.75, 3.05) is 13.7 Å². The molecule has 4 heteroatoms. The fourth-order valence-corrected chi connectivity index (χ4v) is 2.78. The Morgan fingerprint density at radius 2 is 2.32 bits per heavy atom. The molecule has 19 heavy (non-hydrogen) atoms. The summed E-state index contributed by atoms with van der Waals surface area (Å²) in [5.74, 6) is 0. The Kier molecular flexibility index (Phi) is 4.43. The van der Waals surface area contributed by atoms with Crippen molar-refractivity contribution in [1.29, 1.82) is 0 Å². The number of rotatable bonds is 3. The lowest BCUT2D eigenvalue weighted by atomic mass is 9.89. The minimum atomic E-state index is -0.254. The monoisotopic (exact) mass is 263 g/mol. The van der Waals surface area contributed by atoms with Crippen LogP contribution in [0.2, 0.25) is 0 Å². The molecule has 0 aliphatic carbocycles. The van der Waals surface area contributed by atoms with Gasteiger partial charge in [0.1, 0.15) is 0 Å². The second-order valence-corrected chi connectivity index (χ2v) is 4.91. The maximum Gasteiger partial charge on any atom is 0.410 e. The first-order valence-corrected chi connectivity index (χ1v) is 6.78. The topological polar surface area (TPSA) is 49.8 Å². The van der Waals surface area contributed by atoms with Gasteiger partial charge in [0.05, 0.1) is 19.8 Å². The smallest absolute Gasteiger partial charge is 0.410 e. The van der Waals surface area contributed by atoms with E-state index in [4.69, 9.17) is 4.74 Å². The summed E-state index contributed by atoms with van der Waals surface area (Å²) in [6.45, 7) is 2.86. The van der Waals surface area contributed by atoms with Crippen LogP contribution in [0.4, 0.5) is 4.79 Å². The van der Waals surface area contributed by atoms with Crippen molar-refractivity contribution in [2.45, 2.75) is 38.8 Å². The van der Waals surface area contributed by atoms with Crippen molar-refractivity contribution in [3.8, 4) is 0 Å². The molecule has 1 unspecified atom stereocenters. The number of aliphatic hydroxyl groups is 1. The van der Waals surface area contributed by atoms with E-state index in [2.05, 4.69) is 6.92 Å². The first-order chi connectivity index (χ1) is 9.21. The summed E-state index contributed by atoms with van der Waals surface area (Å²) in [7, 11) is 1.43. The minimum Gasteiger partial charge on any atom is -0.453 e. The summed E-state index contributed by atoms with van der Waals surface area (Å²) in [4.78, 5) is 13.7. The number of carbonyl (C=O) groups is 1. The first-order valence-electron chi connectivity index (χ1n) is 6.78. The standard InChI is InChI=1S/C15H21NO3/c1-3-4-14-13-6-5-11(10-17)9-12(13)7-8-16(14)15(18)19-2/h5-6,9,14,17H,3-4,7-8,10H2,1-2H3. The van der Waals surface area contributed by atoms with Crippen molar-refractivity contribution >= 4 is 6.09 Å². The summed E-state index contributed by atoms with van der Waals surface area (Å²) in [6.07, 6.45) is 2.51. The van der Waals surface area contributed by atoms with Gasteiger partial charge in [0.15, 0.2) is 0 Å². The van der Waals surface area contributed by atoms with Crippen LogP contribution in [0.15, 0.2) is 18.2 Å². The van der Waals surface area contributed by atoms with E-state index in [1.54, 1.807) is 0 Å². The molecule has 1 heterocycles. The summed E-state index contributed by atoms with van der Waals surface area (Å²) in [5.41, 5.74) is 3.36. The molecule has 1 aromatic carbocycles. The molecule has 1 aliphatic rings. The van der Waals surface area contributed by atoms with E-state index in [1.165, 1.54) is 18.2 Å². The first kappa shape index (κ1) is 13.9. The number of fused-ring (bicyclic) bond motifs is 1. The molecule has 0 saturated carbocycles. The summed E-state index contributed by atoms with van der Waals surface area (Å²) >= 11 is 0. The highest BCUT2D eigenvalue weighted by molar-refractivity contribution is 5.69. The lowest BCUT2D eigenvalue weighted by Crippen LogP contribution is -2.40. The molecule has 0 bridgehead atoms. The van der Waals surface area contributed by atoms with Crippen molar-refractivity contribution in [1.82, 2.24) is 4.90 Å². The third-order valence-electron chi connectivity index (χ3n) is 3.72. The van der Waals surface area contributed by atoms with Crippen LogP contribution in [0.1, 0.15) is 42.5 Å². The second kappa shape index (κ2) is 6.06. The van der Waals surface area contributed by atoms with Crippen molar-refractivity contribution < 1.29 is 14.6 Å². The molecule has 1 aromatic rings. The SMILES string of the molecule is CCCC1c2ccc(CO)cc2CCN1C(=O)OC. The van der Waals surface area contributed by atoms with Crippen LogP contribution in [0.25, 0.3) is 0 Å². The maximum atomic E-state index is 11.8. The molecule has 104 valence electrons. The number of ether oxygens (including phenoxy) is 1. The summed E-state index contributed by atoms with van der Waals surface area (Å²) in [6, 6.07) is 6.11. The van der Waals surface area contributed by atoms with E-state index in [-0.39, 0.29) is 18.7 Å². The van der Waals surface area contributed by atoms with Crippen molar-refractivity contribution in [3.63, 3.8) is 0 Å². The highest BCUT2D eigenvalue weighted by atomic mass is 16.5. The van der Waals surface area contributed by atoms with Gasteiger partial charge in [-0.15, -0.1) is 0 Å².